The second-order valence-corrected chi connectivity index (χ2v) is 6.86. The third-order valence-corrected chi connectivity index (χ3v) is 4.89. The lowest BCUT2D eigenvalue weighted by atomic mass is 10.1. The van der Waals surface area contributed by atoms with Crippen LogP contribution >= 0.6 is 12.4 Å². The van der Waals surface area contributed by atoms with Crippen molar-refractivity contribution in [1.82, 2.24) is 19.7 Å². The van der Waals surface area contributed by atoms with Crippen LogP contribution in [-0.2, 0) is 6.54 Å². The lowest BCUT2D eigenvalue weighted by molar-refractivity contribution is 0.319. The lowest BCUT2D eigenvalue weighted by Crippen LogP contribution is -2.28. The molecule has 5 nitrogen and oxygen atoms in total. The van der Waals surface area contributed by atoms with Gasteiger partial charge in [-0.3, -0.25) is 9.88 Å². The minimum atomic E-state index is 0. The summed E-state index contributed by atoms with van der Waals surface area (Å²) in [7, 11) is 0. The summed E-state index contributed by atoms with van der Waals surface area (Å²) in [5, 5.41) is 4.85. The van der Waals surface area contributed by atoms with Crippen LogP contribution in [0.15, 0.2) is 61.1 Å². The number of likely N-dealkylation sites (tertiary alicyclic amines) is 1. The summed E-state index contributed by atoms with van der Waals surface area (Å²) in [5.74, 6) is 0.533. The molecule has 0 saturated carbocycles. The standard InChI is InChI=1S/C20H23N5.ClH/c1-15-11-24(14-19(15)21)12-17-13-25(18-7-3-2-4-8-18)23-20(17)16-6-5-9-22-10-16;/h2-10,13,15,19H,11-12,14,21H2,1H3;1H. The highest BCUT2D eigenvalue weighted by Crippen LogP contribution is 2.26. The molecule has 2 atom stereocenters. The molecule has 0 bridgehead atoms. The fourth-order valence-electron chi connectivity index (χ4n) is 3.45. The van der Waals surface area contributed by atoms with Gasteiger partial charge in [0, 0.05) is 55.4 Å². The summed E-state index contributed by atoms with van der Waals surface area (Å²) in [5.41, 5.74) is 10.5. The summed E-state index contributed by atoms with van der Waals surface area (Å²) in [6, 6.07) is 14.5. The van der Waals surface area contributed by atoms with E-state index in [0.717, 1.165) is 36.6 Å². The number of nitrogens with two attached hydrogens (primary N) is 1. The maximum absolute atomic E-state index is 6.20. The molecule has 2 N–H and O–H groups in total. The minimum absolute atomic E-state index is 0. The van der Waals surface area contributed by atoms with E-state index < -0.39 is 0 Å². The molecule has 136 valence electrons. The highest BCUT2D eigenvalue weighted by molar-refractivity contribution is 5.85. The van der Waals surface area contributed by atoms with Gasteiger partial charge in [-0.15, -0.1) is 12.4 Å². The van der Waals surface area contributed by atoms with E-state index in [1.54, 1.807) is 6.20 Å². The smallest absolute Gasteiger partial charge is 0.0988 e. The number of halogens is 1. The zero-order valence-electron chi connectivity index (χ0n) is 14.8. The first kappa shape index (κ1) is 18.6. The van der Waals surface area contributed by atoms with E-state index in [9.17, 15) is 0 Å². The molecule has 3 aromatic rings. The van der Waals surface area contributed by atoms with Gasteiger partial charge in [-0.05, 0) is 30.2 Å². The highest BCUT2D eigenvalue weighted by Gasteiger charge is 2.27. The normalized spacial score (nSPS) is 20.1. The predicted molar refractivity (Wildman–Crippen MR) is 106 cm³/mol. The zero-order chi connectivity index (χ0) is 17.2. The maximum Gasteiger partial charge on any atom is 0.0988 e. The van der Waals surface area contributed by atoms with Gasteiger partial charge < -0.3 is 5.73 Å². The largest absolute Gasteiger partial charge is 0.326 e. The van der Waals surface area contributed by atoms with Crippen LogP contribution in [0.1, 0.15) is 12.5 Å². The molecule has 4 rings (SSSR count). The van der Waals surface area contributed by atoms with Crippen molar-refractivity contribution in [2.24, 2.45) is 11.7 Å². The second kappa shape index (κ2) is 7.99. The molecule has 0 radical (unpaired) electrons. The number of para-hydroxylation sites is 1. The molecular weight excluding hydrogens is 346 g/mol. The summed E-state index contributed by atoms with van der Waals surface area (Å²) in [4.78, 5) is 6.68. The monoisotopic (exact) mass is 369 g/mol. The molecule has 2 unspecified atom stereocenters. The number of pyridine rings is 1. The molecule has 2 aromatic heterocycles. The van der Waals surface area contributed by atoms with E-state index in [-0.39, 0.29) is 18.4 Å². The fraction of sp³-hybridized carbons (Fsp3) is 0.300. The van der Waals surface area contributed by atoms with Gasteiger partial charge in [-0.25, -0.2) is 4.68 Å². The van der Waals surface area contributed by atoms with Crippen molar-refractivity contribution in [3.05, 3.63) is 66.6 Å². The lowest BCUT2D eigenvalue weighted by Gasteiger charge is -2.14. The van der Waals surface area contributed by atoms with Crippen molar-refractivity contribution >= 4 is 12.4 Å². The Balaban J connectivity index is 0.00000196. The molecular formula is C20H24ClN5. The number of aromatic nitrogens is 3. The summed E-state index contributed by atoms with van der Waals surface area (Å²) in [6.45, 7) is 5.05. The van der Waals surface area contributed by atoms with Crippen LogP contribution in [0.5, 0.6) is 0 Å². The van der Waals surface area contributed by atoms with Gasteiger partial charge in [-0.1, -0.05) is 25.1 Å². The van der Waals surface area contributed by atoms with E-state index in [1.165, 1.54) is 5.56 Å². The van der Waals surface area contributed by atoms with Crippen LogP contribution in [0.2, 0.25) is 0 Å². The van der Waals surface area contributed by atoms with E-state index in [2.05, 4.69) is 41.2 Å². The number of benzene rings is 1. The Kier molecular flexibility index (Phi) is 5.71. The Labute approximate surface area is 160 Å². The SMILES string of the molecule is CC1CN(Cc2cn(-c3ccccc3)nc2-c2cccnc2)CC1N.Cl. The van der Waals surface area contributed by atoms with Crippen LogP contribution in [-0.4, -0.2) is 38.8 Å². The average molecular weight is 370 g/mol. The van der Waals surface area contributed by atoms with Crippen molar-refractivity contribution in [1.29, 1.82) is 0 Å². The molecule has 0 amide bonds. The predicted octanol–water partition coefficient (Wildman–Crippen LogP) is 3.14. The molecule has 1 aromatic carbocycles. The third-order valence-electron chi connectivity index (χ3n) is 4.89. The molecule has 1 fully saturated rings. The van der Waals surface area contributed by atoms with Crippen molar-refractivity contribution < 1.29 is 0 Å². The number of rotatable bonds is 4. The molecule has 0 spiro atoms. The van der Waals surface area contributed by atoms with Crippen LogP contribution in [0, 0.1) is 5.92 Å². The Morgan fingerprint density at radius 2 is 1.92 bits per heavy atom. The van der Waals surface area contributed by atoms with E-state index >= 15 is 0 Å². The first-order valence-electron chi connectivity index (χ1n) is 8.73. The Bertz CT molecular complexity index is 824. The van der Waals surface area contributed by atoms with Crippen molar-refractivity contribution in [3.8, 4) is 16.9 Å². The van der Waals surface area contributed by atoms with Gasteiger partial charge in [0.05, 0.1) is 11.4 Å². The average Bonchev–Trinajstić information content (AvgIpc) is 3.20. The molecule has 3 heterocycles. The van der Waals surface area contributed by atoms with Crippen LogP contribution in [0.3, 0.4) is 0 Å². The molecule has 1 aliphatic heterocycles. The van der Waals surface area contributed by atoms with Gasteiger partial charge in [0.1, 0.15) is 0 Å². The van der Waals surface area contributed by atoms with Gasteiger partial charge in [0.25, 0.3) is 0 Å². The van der Waals surface area contributed by atoms with E-state index in [4.69, 9.17) is 10.8 Å². The van der Waals surface area contributed by atoms with Crippen LogP contribution in [0.4, 0.5) is 0 Å². The number of nitrogens with zero attached hydrogens (tertiary/aromatic N) is 4. The molecule has 1 aliphatic rings. The topological polar surface area (TPSA) is 60.0 Å². The summed E-state index contributed by atoms with van der Waals surface area (Å²) >= 11 is 0. The molecule has 1 saturated heterocycles. The van der Waals surface area contributed by atoms with Gasteiger partial charge in [0.2, 0.25) is 0 Å². The van der Waals surface area contributed by atoms with E-state index in [0.29, 0.717) is 5.92 Å². The van der Waals surface area contributed by atoms with Crippen molar-refractivity contribution in [2.75, 3.05) is 13.1 Å². The second-order valence-electron chi connectivity index (χ2n) is 6.86. The van der Waals surface area contributed by atoms with Gasteiger partial charge in [0.15, 0.2) is 0 Å². The van der Waals surface area contributed by atoms with E-state index in [1.807, 2.05) is 35.1 Å². The van der Waals surface area contributed by atoms with Crippen LogP contribution < -0.4 is 5.73 Å². The minimum Gasteiger partial charge on any atom is -0.326 e. The maximum atomic E-state index is 6.20. The molecule has 26 heavy (non-hydrogen) atoms. The zero-order valence-corrected chi connectivity index (χ0v) is 15.6. The number of hydrogen-bond donors (Lipinski definition) is 1. The first-order chi connectivity index (χ1) is 12.2. The fourth-order valence-corrected chi connectivity index (χ4v) is 3.45. The Hall–Kier alpha value is -2.21. The molecule has 6 heteroatoms. The third kappa shape index (κ3) is 3.80. The Morgan fingerprint density at radius 1 is 1.12 bits per heavy atom. The van der Waals surface area contributed by atoms with Gasteiger partial charge >= 0.3 is 0 Å². The quantitative estimate of drug-likeness (QED) is 0.767. The van der Waals surface area contributed by atoms with Crippen molar-refractivity contribution in [2.45, 2.75) is 19.5 Å². The van der Waals surface area contributed by atoms with Crippen LogP contribution in [0.25, 0.3) is 16.9 Å². The highest BCUT2D eigenvalue weighted by atomic mass is 35.5. The summed E-state index contributed by atoms with van der Waals surface area (Å²) < 4.78 is 1.96. The Morgan fingerprint density at radius 3 is 2.58 bits per heavy atom. The van der Waals surface area contributed by atoms with Crippen molar-refractivity contribution in [3.63, 3.8) is 0 Å². The number of hydrogen-bond acceptors (Lipinski definition) is 4. The van der Waals surface area contributed by atoms with Gasteiger partial charge in [-0.2, -0.15) is 5.10 Å². The molecule has 0 aliphatic carbocycles. The summed E-state index contributed by atoms with van der Waals surface area (Å²) in [6.07, 6.45) is 5.80. The first-order valence-corrected chi connectivity index (χ1v) is 8.73.